The number of halogens is 1. The molecular formula is C14H18BrNO5. The largest absolute Gasteiger partial charge is 0.493 e. The molecule has 1 amide bonds. The fourth-order valence-corrected chi connectivity index (χ4v) is 1.95. The Morgan fingerprint density at radius 1 is 1.43 bits per heavy atom. The smallest absolute Gasteiger partial charge is 0.306 e. The first-order valence-electron chi connectivity index (χ1n) is 6.41. The molecule has 0 saturated heterocycles. The number of nitrogens with one attached hydrogen (secondary N) is 1. The number of amides is 1. The molecule has 0 spiro atoms. The minimum absolute atomic E-state index is 0.147. The van der Waals surface area contributed by atoms with Crippen molar-refractivity contribution in [3.63, 3.8) is 0 Å². The summed E-state index contributed by atoms with van der Waals surface area (Å²) in [6, 6.07) is 7.34. The van der Waals surface area contributed by atoms with Crippen molar-refractivity contribution in [2.24, 2.45) is 0 Å². The number of methoxy groups -OCH3 is 1. The fourth-order valence-electron chi connectivity index (χ4n) is 1.57. The Labute approximate surface area is 131 Å². The van der Waals surface area contributed by atoms with Gasteiger partial charge >= 0.3 is 5.97 Å². The van der Waals surface area contributed by atoms with Crippen LogP contribution in [-0.4, -0.2) is 43.3 Å². The topological polar surface area (TPSA) is 84.9 Å². The van der Waals surface area contributed by atoms with Gasteiger partial charge in [-0.15, -0.1) is 0 Å². The maximum atomic E-state index is 11.6. The van der Waals surface area contributed by atoms with Crippen molar-refractivity contribution in [2.45, 2.75) is 18.9 Å². The molecule has 1 unspecified atom stereocenters. The molecule has 0 aliphatic heterocycles. The van der Waals surface area contributed by atoms with E-state index >= 15 is 0 Å². The Morgan fingerprint density at radius 2 is 2.19 bits per heavy atom. The van der Waals surface area contributed by atoms with Gasteiger partial charge in [0.15, 0.2) is 0 Å². The minimum Gasteiger partial charge on any atom is -0.493 e. The molecule has 2 N–H and O–H groups in total. The van der Waals surface area contributed by atoms with E-state index in [0.29, 0.717) is 5.75 Å². The van der Waals surface area contributed by atoms with E-state index in [9.17, 15) is 9.59 Å². The van der Waals surface area contributed by atoms with Gasteiger partial charge in [0, 0.05) is 18.1 Å². The third-order valence-electron chi connectivity index (χ3n) is 2.66. The Kier molecular flexibility index (Phi) is 7.78. The SMILES string of the molecule is COC(CNC(=O)CCOc1cccc(Br)c1)CC(=O)O. The lowest BCUT2D eigenvalue weighted by Crippen LogP contribution is -2.35. The zero-order chi connectivity index (χ0) is 15.7. The zero-order valence-electron chi connectivity index (χ0n) is 11.7. The summed E-state index contributed by atoms with van der Waals surface area (Å²) >= 11 is 3.33. The first-order valence-corrected chi connectivity index (χ1v) is 7.20. The first-order chi connectivity index (χ1) is 10.0. The van der Waals surface area contributed by atoms with E-state index in [2.05, 4.69) is 21.2 Å². The molecule has 21 heavy (non-hydrogen) atoms. The van der Waals surface area contributed by atoms with Crippen molar-refractivity contribution in [1.82, 2.24) is 5.32 Å². The number of rotatable bonds is 9. The monoisotopic (exact) mass is 359 g/mol. The Morgan fingerprint density at radius 3 is 2.81 bits per heavy atom. The van der Waals surface area contributed by atoms with E-state index in [4.69, 9.17) is 14.6 Å². The number of carboxylic acid groups (broad SMARTS) is 1. The molecule has 0 heterocycles. The van der Waals surface area contributed by atoms with Crippen LogP contribution in [-0.2, 0) is 14.3 Å². The maximum absolute atomic E-state index is 11.6. The summed E-state index contributed by atoms with van der Waals surface area (Å²) in [6.07, 6.45) is -0.487. The molecule has 1 aromatic rings. The number of carbonyl (C=O) groups is 2. The van der Waals surface area contributed by atoms with Gasteiger partial charge in [0.25, 0.3) is 0 Å². The average molecular weight is 360 g/mol. The van der Waals surface area contributed by atoms with Crippen LogP contribution in [0.5, 0.6) is 5.75 Å². The second kappa shape index (κ2) is 9.36. The molecule has 1 rings (SSSR count). The van der Waals surface area contributed by atoms with Crippen LogP contribution >= 0.6 is 15.9 Å². The number of aliphatic carboxylic acids is 1. The van der Waals surface area contributed by atoms with Crippen LogP contribution in [0.1, 0.15) is 12.8 Å². The van der Waals surface area contributed by atoms with Crippen LogP contribution in [0.4, 0.5) is 0 Å². The first kappa shape index (κ1) is 17.5. The quantitative estimate of drug-likeness (QED) is 0.702. The Bertz CT molecular complexity index is 480. The van der Waals surface area contributed by atoms with Gasteiger partial charge in [-0.25, -0.2) is 0 Å². The third-order valence-corrected chi connectivity index (χ3v) is 3.15. The van der Waals surface area contributed by atoms with Crippen LogP contribution < -0.4 is 10.1 Å². The van der Waals surface area contributed by atoms with Crippen molar-refractivity contribution in [2.75, 3.05) is 20.3 Å². The van der Waals surface area contributed by atoms with Gasteiger partial charge in [0.05, 0.1) is 25.6 Å². The van der Waals surface area contributed by atoms with Crippen LogP contribution in [0.3, 0.4) is 0 Å². The van der Waals surface area contributed by atoms with E-state index in [1.54, 1.807) is 6.07 Å². The maximum Gasteiger partial charge on any atom is 0.306 e. The Balaban J connectivity index is 2.23. The van der Waals surface area contributed by atoms with Crippen molar-refractivity contribution in [3.05, 3.63) is 28.7 Å². The van der Waals surface area contributed by atoms with Gasteiger partial charge in [-0.2, -0.15) is 0 Å². The van der Waals surface area contributed by atoms with Crippen molar-refractivity contribution >= 4 is 27.8 Å². The molecule has 0 aliphatic rings. The van der Waals surface area contributed by atoms with Crippen LogP contribution in [0, 0.1) is 0 Å². The Hall–Kier alpha value is -1.60. The number of hydrogen-bond donors (Lipinski definition) is 2. The standard InChI is InChI=1S/C14H18BrNO5/c1-20-12(8-14(18)19)9-16-13(17)5-6-21-11-4-2-3-10(15)7-11/h2-4,7,12H,5-6,8-9H2,1H3,(H,16,17)(H,18,19). The number of hydrogen-bond acceptors (Lipinski definition) is 4. The minimum atomic E-state index is -0.964. The molecule has 7 heteroatoms. The molecule has 0 fully saturated rings. The second-order valence-corrected chi connectivity index (χ2v) is 5.23. The van der Waals surface area contributed by atoms with Crippen molar-refractivity contribution in [1.29, 1.82) is 0 Å². The van der Waals surface area contributed by atoms with Crippen LogP contribution in [0.15, 0.2) is 28.7 Å². The summed E-state index contributed by atoms with van der Waals surface area (Å²) in [5.41, 5.74) is 0. The number of carbonyl (C=O) groups excluding carboxylic acids is 1. The van der Waals surface area contributed by atoms with E-state index in [1.807, 2.05) is 18.2 Å². The number of benzene rings is 1. The highest BCUT2D eigenvalue weighted by Crippen LogP contribution is 2.17. The van der Waals surface area contributed by atoms with Crippen LogP contribution in [0.2, 0.25) is 0 Å². The lowest BCUT2D eigenvalue weighted by Gasteiger charge is -2.14. The summed E-state index contributed by atoms with van der Waals surface area (Å²) in [6.45, 7) is 0.414. The highest BCUT2D eigenvalue weighted by Gasteiger charge is 2.13. The molecule has 1 aromatic carbocycles. The normalized spacial score (nSPS) is 11.7. The summed E-state index contributed by atoms with van der Waals surface area (Å²) in [5.74, 6) is -0.496. The predicted octanol–water partition coefficient (Wildman–Crippen LogP) is 1.82. The van der Waals surface area contributed by atoms with Gasteiger partial charge in [-0.1, -0.05) is 22.0 Å². The molecule has 0 bridgehead atoms. The lowest BCUT2D eigenvalue weighted by atomic mass is 10.2. The van der Waals surface area contributed by atoms with Gasteiger partial charge in [0.1, 0.15) is 5.75 Å². The molecular weight excluding hydrogens is 342 g/mol. The fraction of sp³-hybridized carbons (Fsp3) is 0.429. The molecule has 1 atom stereocenters. The van der Waals surface area contributed by atoms with Gasteiger partial charge < -0.3 is 19.9 Å². The predicted molar refractivity (Wildman–Crippen MR) is 80.3 cm³/mol. The van der Waals surface area contributed by atoms with Crippen LogP contribution in [0.25, 0.3) is 0 Å². The number of ether oxygens (including phenoxy) is 2. The molecule has 0 aromatic heterocycles. The van der Waals surface area contributed by atoms with Gasteiger partial charge in [-0.05, 0) is 18.2 Å². The van der Waals surface area contributed by atoms with Crippen molar-refractivity contribution in [3.8, 4) is 5.75 Å². The van der Waals surface area contributed by atoms with E-state index in [0.717, 1.165) is 4.47 Å². The van der Waals surface area contributed by atoms with E-state index in [-0.39, 0.29) is 31.9 Å². The highest BCUT2D eigenvalue weighted by atomic mass is 79.9. The van der Waals surface area contributed by atoms with E-state index < -0.39 is 12.1 Å². The summed E-state index contributed by atoms with van der Waals surface area (Å²) in [7, 11) is 1.41. The molecule has 0 aliphatic carbocycles. The molecule has 0 saturated carbocycles. The summed E-state index contributed by atoms with van der Waals surface area (Å²) in [5, 5.41) is 11.3. The molecule has 6 nitrogen and oxygen atoms in total. The summed E-state index contributed by atoms with van der Waals surface area (Å²) in [4.78, 5) is 22.2. The number of carboxylic acids is 1. The van der Waals surface area contributed by atoms with E-state index in [1.165, 1.54) is 7.11 Å². The average Bonchev–Trinajstić information content (AvgIpc) is 2.43. The van der Waals surface area contributed by atoms with Gasteiger partial charge in [-0.3, -0.25) is 9.59 Å². The summed E-state index contributed by atoms with van der Waals surface area (Å²) < 4.78 is 11.3. The van der Waals surface area contributed by atoms with Gasteiger partial charge in [0.2, 0.25) is 5.91 Å². The third kappa shape index (κ3) is 7.67. The zero-order valence-corrected chi connectivity index (χ0v) is 13.3. The highest BCUT2D eigenvalue weighted by molar-refractivity contribution is 9.10. The van der Waals surface area contributed by atoms with Crippen molar-refractivity contribution < 1.29 is 24.2 Å². The lowest BCUT2D eigenvalue weighted by molar-refractivity contribution is -0.140. The second-order valence-electron chi connectivity index (χ2n) is 4.32. The molecule has 0 radical (unpaired) electrons. The molecule has 116 valence electrons.